The van der Waals surface area contributed by atoms with Crippen LogP contribution in [0.2, 0.25) is 0 Å². The first kappa shape index (κ1) is 18.9. The van der Waals surface area contributed by atoms with Crippen molar-refractivity contribution in [3.8, 4) is 0 Å². The fourth-order valence-corrected chi connectivity index (χ4v) is 3.29. The Morgan fingerprint density at radius 3 is 2.58 bits per heavy atom. The normalized spacial score (nSPS) is 19.3. The molecule has 4 heteroatoms. The van der Waals surface area contributed by atoms with Gasteiger partial charge in [-0.1, -0.05) is 26.0 Å². The monoisotopic (exact) mass is 335 g/mol. The van der Waals surface area contributed by atoms with E-state index in [2.05, 4.69) is 13.8 Å². The van der Waals surface area contributed by atoms with Gasteiger partial charge in [-0.2, -0.15) is 0 Å². The van der Waals surface area contributed by atoms with Crippen LogP contribution in [0.5, 0.6) is 0 Å². The Morgan fingerprint density at radius 2 is 2.00 bits per heavy atom. The summed E-state index contributed by atoms with van der Waals surface area (Å²) in [4.78, 5) is 14.4. The number of halogens is 1. The molecule has 0 saturated carbocycles. The van der Waals surface area contributed by atoms with E-state index < -0.39 is 0 Å². The summed E-state index contributed by atoms with van der Waals surface area (Å²) >= 11 is 0. The molecule has 0 N–H and O–H groups in total. The van der Waals surface area contributed by atoms with Crippen LogP contribution in [0.25, 0.3) is 0 Å². The summed E-state index contributed by atoms with van der Waals surface area (Å²) in [7, 11) is 1.87. The first-order chi connectivity index (χ1) is 11.5. The fourth-order valence-electron chi connectivity index (χ4n) is 3.29. The molecule has 1 amide bonds. The highest BCUT2D eigenvalue weighted by Crippen LogP contribution is 2.28. The number of carbonyl (C=O) groups excluding carboxylic acids is 1. The molecule has 1 saturated heterocycles. The summed E-state index contributed by atoms with van der Waals surface area (Å²) in [5, 5.41) is 0. The van der Waals surface area contributed by atoms with Gasteiger partial charge in [-0.15, -0.1) is 0 Å². The molecule has 1 aromatic rings. The van der Waals surface area contributed by atoms with Crippen molar-refractivity contribution in [3.63, 3.8) is 0 Å². The van der Waals surface area contributed by atoms with E-state index in [9.17, 15) is 9.18 Å². The number of carbonyl (C=O) groups is 1. The lowest BCUT2D eigenvalue weighted by molar-refractivity contribution is -0.131. The third-order valence-corrected chi connectivity index (χ3v) is 4.98. The molecule has 0 radical (unpaired) electrons. The van der Waals surface area contributed by atoms with Crippen molar-refractivity contribution < 1.29 is 13.9 Å². The maximum atomic E-state index is 13.1. The van der Waals surface area contributed by atoms with Crippen LogP contribution < -0.4 is 0 Å². The Labute approximate surface area is 145 Å². The SMILES string of the molecule is CC(C)C(CC(=O)N(C)CCC1CCCCO1)c1ccc(F)cc1. The van der Waals surface area contributed by atoms with Crippen LogP contribution in [0.1, 0.15) is 57.4 Å². The van der Waals surface area contributed by atoms with Gasteiger partial charge in [0.05, 0.1) is 6.10 Å². The lowest BCUT2D eigenvalue weighted by Crippen LogP contribution is -2.32. The van der Waals surface area contributed by atoms with Gasteiger partial charge in [0, 0.05) is 26.6 Å². The largest absolute Gasteiger partial charge is 0.378 e. The lowest BCUT2D eigenvalue weighted by atomic mass is 9.85. The van der Waals surface area contributed by atoms with Gasteiger partial charge in [0.1, 0.15) is 5.82 Å². The number of ether oxygens (including phenoxy) is 1. The Balaban J connectivity index is 1.88. The molecule has 0 spiro atoms. The van der Waals surface area contributed by atoms with E-state index in [0.717, 1.165) is 38.0 Å². The summed E-state index contributed by atoms with van der Waals surface area (Å²) in [6, 6.07) is 6.53. The molecule has 1 aromatic carbocycles. The van der Waals surface area contributed by atoms with Gasteiger partial charge in [-0.25, -0.2) is 4.39 Å². The zero-order valence-corrected chi connectivity index (χ0v) is 15.1. The van der Waals surface area contributed by atoms with Gasteiger partial charge in [0.2, 0.25) is 5.91 Å². The van der Waals surface area contributed by atoms with Gasteiger partial charge in [0.15, 0.2) is 0 Å². The summed E-state index contributed by atoms with van der Waals surface area (Å²) in [6.07, 6.45) is 5.15. The molecule has 0 aliphatic carbocycles. The molecule has 0 bridgehead atoms. The average molecular weight is 335 g/mol. The molecule has 2 atom stereocenters. The molecule has 134 valence electrons. The standard InChI is InChI=1S/C20H30FNO2/c1-15(2)19(16-7-9-17(21)10-8-16)14-20(23)22(3)12-11-18-6-4-5-13-24-18/h7-10,15,18-19H,4-6,11-14H2,1-3H3. The zero-order chi connectivity index (χ0) is 17.5. The van der Waals surface area contributed by atoms with Gasteiger partial charge < -0.3 is 9.64 Å². The van der Waals surface area contributed by atoms with Crippen LogP contribution in [-0.4, -0.2) is 37.1 Å². The summed E-state index contributed by atoms with van der Waals surface area (Å²) in [5.41, 5.74) is 1.03. The molecule has 2 rings (SSSR count). The second kappa shape index (κ2) is 9.16. The van der Waals surface area contributed by atoms with Crippen LogP contribution in [0.15, 0.2) is 24.3 Å². The van der Waals surface area contributed by atoms with Crippen molar-refractivity contribution in [1.29, 1.82) is 0 Å². The molecule has 1 heterocycles. The summed E-state index contributed by atoms with van der Waals surface area (Å²) in [5.74, 6) is 0.354. The maximum Gasteiger partial charge on any atom is 0.222 e. The van der Waals surface area contributed by atoms with E-state index in [0.29, 0.717) is 18.4 Å². The molecule has 3 nitrogen and oxygen atoms in total. The second-order valence-electron chi connectivity index (χ2n) is 7.20. The third-order valence-electron chi connectivity index (χ3n) is 4.98. The lowest BCUT2D eigenvalue weighted by Gasteiger charge is -2.27. The van der Waals surface area contributed by atoms with Crippen LogP contribution >= 0.6 is 0 Å². The second-order valence-corrected chi connectivity index (χ2v) is 7.20. The number of amides is 1. The quantitative estimate of drug-likeness (QED) is 0.740. The van der Waals surface area contributed by atoms with E-state index >= 15 is 0 Å². The van der Waals surface area contributed by atoms with Crippen molar-refractivity contribution >= 4 is 5.91 Å². The van der Waals surface area contributed by atoms with Crippen LogP contribution in [-0.2, 0) is 9.53 Å². The minimum Gasteiger partial charge on any atom is -0.378 e. The number of hydrogen-bond acceptors (Lipinski definition) is 2. The molecule has 1 fully saturated rings. The van der Waals surface area contributed by atoms with Crippen LogP contribution in [0.3, 0.4) is 0 Å². The predicted molar refractivity (Wildman–Crippen MR) is 94.4 cm³/mol. The van der Waals surface area contributed by atoms with Crippen molar-refractivity contribution in [1.82, 2.24) is 4.90 Å². The van der Waals surface area contributed by atoms with Crippen molar-refractivity contribution in [2.24, 2.45) is 5.92 Å². The van der Waals surface area contributed by atoms with E-state index in [1.807, 2.05) is 11.9 Å². The number of hydrogen-bond donors (Lipinski definition) is 0. The van der Waals surface area contributed by atoms with E-state index in [1.165, 1.54) is 18.6 Å². The highest BCUT2D eigenvalue weighted by molar-refractivity contribution is 5.76. The Morgan fingerprint density at radius 1 is 1.29 bits per heavy atom. The molecule has 0 aromatic heterocycles. The Bertz CT molecular complexity index is 509. The summed E-state index contributed by atoms with van der Waals surface area (Å²) in [6.45, 7) is 5.80. The van der Waals surface area contributed by atoms with Crippen molar-refractivity contribution in [2.75, 3.05) is 20.2 Å². The number of nitrogens with zero attached hydrogens (tertiary/aromatic N) is 1. The average Bonchev–Trinajstić information content (AvgIpc) is 2.59. The van der Waals surface area contributed by atoms with Crippen molar-refractivity contribution in [2.45, 2.75) is 58.0 Å². The number of benzene rings is 1. The first-order valence-corrected chi connectivity index (χ1v) is 9.08. The smallest absolute Gasteiger partial charge is 0.222 e. The maximum absolute atomic E-state index is 13.1. The molecular weight excluding hydrogens is 305 g/mol. The van der Waals surface area contributed by atoms with Crippen LogP contribution in [0, 0.1) is 11.7 Å². The zero-order valence-electron chi connectivity index (χ0n) is 15.1. The minimum absolute atomic E-state index is 0.117. The molecule has 1 aliphatic rings. The van der Waals surface area contributed by atoms with Crippen molar-refractivity contribution in [3.05, 3.63) is 35.6 Å². The molecular formula is C20H30FNO2. The highest BCUT2D eigenvalue weighted by atomic mass is 19.1. The molecule has 2 unspecified atom stereocenters. The van der Waals surface area contributed by atoms with Gasteiger partial charge in [-0.05, 0) is 55.2 Å². The van der Waals surface area contributed by atoms with Crippen LogP contribution in [0.4, 0.5) is 4.39 Å². The summed E-state index contributed by atoms with van der Waals surface area (Å²) < 4.78 is 18.9. The van der Waals surface area contributed by atoms with Gasteiger partial charge >= 0.3 is 0 Å². The van der Waals surface area contributed by atoms with Gasteiger partial charge in [-0.3, -0.25) is 4.79 Å². The van der Waals surface area contributed by atoms with E-state index in [4.69, 9.17) is 4.74 Å². The highest BCUT2D eigenvalue weighted by Gasteiger charge is 2.22. The number of rotatable bonds is 7. The predicted octanol–water partition coefficient (Wildman–Crippen LogP) is 4.37. The van der Waals surface area contributed by atoms with E-state index in [1.54, 1.807) is 12.1 Å². The third kappa shape index (κ3) is 5.59. The Hall–Kier alpha value is -1.42. The van der Waals surface area contributed by atoms with Gasteiger partial charge in [0.25, 0.3) is 0 Å². The Kier molecular flexibility index (Phi) is 7.22. The molecule has 1 aliphatic heterocycles. The first-order valence-electron chi connectivity index (χ1n) is 9.08. The van der Waals surface area contributed by atoms with E-state index in [-0.39, 0.29) is 17.6 Å². The minimum atomic E-state index is -0.239. The fraction of sp³-hybridized carbons (Fsp3) is 0.650. The topological polar surface area (TPSA) is 29.5 Å². The molecule has 24 heavy (non-hydrogen) atoms.